The number of nitrogens with zero attached hydrogens (tertiary/aromatic N) is 2. The molecule has 448 valence electrons. The van der Waals surface area contributed by atoms with Crippen molar-refractivity contribution in [3.8, 4) is 44.5 Å². The Morgan fingerprint density at radius 1 is 0.244 bits per heavy atom. The Kier molecular flexibility index (Phi) is 12.3. The van der Waals surface area contributed by atoms with Crippen LogP contribution in [0.5, 0.6) is 0 Å². The fraction of sp³-hybridized carbons (Fsp3) is 0.0606. The summed E-state index contributed by atoms with van der Waals surface area (Å²) >= 11 is 0. The molecule has 2 unspecified atom stereocenters. The largest absolute Gasteiger partial charge is 0.361 e. The van der Waals surface area contributed by atoms with Crippen LogP contribution in [0.4, 0.5) is 87.8 Å². The Morgan fingerprint density at radius 3 is 0.722 bits per heavy atom. The minimum Gasteiger partial charge on any atom is -0.361 e. The average Bonchev–Trinajstić information content (AvgIpc) is 1.36. The third-order valence-corrected chi connectivity index (χ3v) is 17.2. The summed E-state index contributed by atoms with van der Waals surface area (Å²) in [6.07, 6.45) is 2.81. The summed E-state index contributed by atoms with van der Waals surface area (Å²) in [5.74, 6) is -58.5. The second kappa shape index (κ2) is 19.6. The molecule has 0 amide bonds. The van der Waals surface area contributed by atoms with Gasteiger partial charge in [-0.15, -0.1) is 0 Å². The van der Waals surface area contributed by atoms with Crippen molar-refractivity contribution in [2.24, 2.45) is 0 Å². The van der Waals surface area contributed by atoms with Crippen molar-refractivity contribution >= 4 is 56.9 Å². The number of benzene rings is 8. The molecule has 10 aromatic rings. The van der Waals surface area contributed by atoms with Crippen LogP contribution in [0.2, 0.25) is 0 Å². The Morgan fingerprint density at radius 2 is 0.467 bits per heavy atom. The Bertz CT molecular complexity index is 4790. The van der Waals surface area contributed by atoms with E-state index in [1.54, 1.807) is 72.8 Å². The predicted octanol–water partition coefficient (Wildman–Crippen LogP) is 19.3. The molecule has 0 spiro atoms. The molecule has 24 heteroatoms. The number of aromatic nitrogens is 4. The number of hydrogen-bond donors (Lipinski definition) is 2. The highest BCUT2D eigenvalue weighted by Crippen LogP contribution is 2.69. The zero-order chi connectivity index (χ0) is 63.3. The first-order valence-electron chi connectivity index (χ1n) is 26.6. The molecular weight excluding hydrogens is 1230 g/mol. The second-order valence-corrected chi connectivity index (χ2v) is 21.6. The van der Waals surface area contributed by atoms with Crippen LogP contribution in [-0.2, 0) is 0 Å². The van der Waals surface area contributed by atoms with Gasteiger partial charge in [0.25, 0.3) is 0 Å². The van der Waals surface area contributed by atoms with Crippen LogP contribution >= 0.6 is 0 Å². The molecule has 0 radical (unpaired) electrons. The van der Waals surface area contributed by atoms with E-state index in [1.807, 2.05) is 0 Å². The summed E-state index contributed by atoms with van der Waals surface area (Å²) in [6.45, 7) is 0. The number of fused-ring (bicyclic) bond motifs is 10. The minimum absolute atomic E-state index is 0.375. The fourth-order valence-electron chi connectivity index (χ4n) is 13.5. The van der Waals surface area contributed by atoms with Crippen molar-refractivity contribution in [3.63, 3.8) is 0 Å². The van der Waals surface area contributed by atoms with Crippen LogP contribution < -0.4 is 0 Å². The second-order valence-electron chi connectivity index (χ2n) is 21.6. The molecule has 0 saturated carbocycles. The maximum atomic E-state index is 17.2. The van der Waals surface area contributed by atoms with E-state index in [9.17, 15) is 8.78 Å². The van der Waals surface area contributed by atoms with Gasteiger partial charge < -0.3 is 9.97 Å². The standard InChI is InChI=1S/C66H24F20N4/c67-45-41(46(68)54(76)61(83)53(45)75)35-27-9-10-28(87-27)36(42-47(69)55(77)62(84)56(78)48(42)70)30-12-14-32(89-30)38(44-51(73)59(81)64(86)60(82)52(44)74)66-40-34-24-16-20-6-2-1-5-19(20)15-23(24)33(25-17-21-7-3-4-8-22(21)18-26(25)34)39(40)65(90-66)37(31-13-11-29(35)88-31)43-49(71)57(79)63(85)58(80)50(43)72/h1-18,33-34,39-40,87,90H. The molecule has 2 atom stereocenters. The lowest BCUT2D eigenvalue weighted by Crippen LogP contribution is -2.36. The molecule has 2 aromatic heterocycles. The number of aromatic amines is 2. The summed E-state index contributed by atoms with van der Waals surface area (Å²) in [6, 6.07) is 21.6. The van der Waals surface area contributed by atoms with E-state index >= 15 is 79.0 Å². The van der Waals surface area contributed by atoms with E-state index < -0.39 is 230 Å². The van der Waals surface area contributed by atoms with Crippen molar-refractivity contribution < 1.29 is 87.8 Å². The van der Waals surface area contributed by atoms with Gasteiger partial charge in [-0.05, 0) is 80.2 Å². The Hall–Kier alpha value is -10.3. The topological polar surface area (TPSA) is 57.4 Å². The first kappa shape index (κ1) is 56.3. The van der Waals surface area contributed by atoms with Crippen LogP contribution in [0, 0.1) is 116 Å². The molecular formula is C66H24F20N4. The minimum atomic E-state index is -2.72. The molecule has 6 aliphatic rings. The molecule has 90 heavy (non-hydrogen) atoms. The molecule has 3 aliphatic heterocycles. The average molecular weight is 1250 g/mol. The lowest BCUT2D eigenvalue weighted by Gasteiger charge is -2.49. The van der Waals surface area contributed by atoms with E-state index in [4.69, 9.17) is 0 Å². The van der Waals surface area contributed by atoms with Crippen molar-refractivity contribution in [1.82, 2.24) is 19.9 Å². The van der Waals surface area contributed by atoms with Gasteiger partial charge in [0.2, 0.25) is 23.3 Å². The predicted molar refractivity (Wildman–Crippen MR) is 288 cm³/mol. The van der Waals surface area contributed by atoms with Gasteiger partial charge in [0.1, 0.15) is 0 Å². The summed E-state index contributed by atoms with van der Waals surface area (Å²) < 4.78 is 322. The van der Waals surface area contributed by atoms with Crippen LogP contribution in [-0.4, -0.2) is 19.9 Å². The Labute approximate surface area is 489 Å². The molecule has 10 bridgehead atoms. The summed E-state index contributed by atoms with van der Waals surface area (Å²) in [5, 5.41) is 2.18. The van der Waals surface area contributed by atoms with Crippen LogP contribution in [0.25, 0.3) is 101 Å². The van der Waals surface area contributed by atoms with E-state index in [-0.39, 0.29) is 0 Å². The van der Waals surface area contributed by atoms with Crippen molar-refractivity contribution in [2.45, 2.75) is 23.7 Å². The summed E-state index contributed by atoms with van der Waals surface area (Å²) in [5.41, 5.74) is -18.2. The first-order valence-corrected chi connectivity index (χ1v) is 26.6. The lowest BCUT2D eigenvalue weighted by atomic mass is 9.52. The van der Waals surface area contributed by atoms with Gasteiger partial charge in [-0.3, -0.25) is 0 Å². The number of H-pyrrole nitrogens is 2. The normalized spacial score (nSPS) is 16.6. The number of rotatable bonds is 4. The third kappa shape index (κ3) is 7.52. The van der Waals surface area contributed by atoms with E-state index in [2.05, 4.69) is 19.9 Å². The van der Waals surface area contributed by atoms with E-state index in [0.717, 1.165) is 0 Å². The molecule has 0 saturated heterocycles. The van der Waals surface area contributed by atoms with Gasteiger partial charge in [-0.25, -0.2) is 97.8 Å². The van der Waals surface area contributed by atoms with Crippen molar-refractivity contribution in [3.05, 3.63) is 258 Å². The molecule has 3 aliphatic carbocycles. The maximum absolute atomic E-state index is 17.2. The zero-order valence-corrected chi connectivity index (χ0v) is 44.2. The van der Waals surface area contributed by atoms with Crippen LogP contribution in [0.1, 0.15) is 80.1 Å². The highest BCUT2D eigenvalue weighted by Gasteiger charge is 2.56. The van der Waals surface area contributed by atoms with Crippen molar-refractivity contribution in [1.29, 1.82) is 0 Å². The first-order chi connectivity index (χ1) is 43.0. The number of nitrogens with one attached hydrogen (secondary N) is 2. The SMILES string of the molecule is Fc1c(F)c(F)c(-c2c3nc(c(-c4c(F)c(F)c(F)c(F)c4F)c4ccc([nH]4)c(-c4c(F)c(F)c(F)c(F)c4F)c4nc(c(-c5c(F)c(F)c(F)c(F)c5F)c5[nH]c2C2C6c7cc8ccccc8cc7C(c7cc8ccccc8cc76)C52)C=C4)C=C3)c(F)c1F. The molecule has 16 rings (SSSR count). The van der Waals surface area contributed by atoms with Gasteiger partial charge in [-0.2, -0.15) is 0 Å². The smallest absolute Gasteiger partial charge is 0.200 e. The van der Waals surface area contributed by atoms with Gasteiger partial charge in [-0.1, -0.05) is 72.8 Å². The van der Waals surface area contributed by atoms with E-state index in [0.29, 0.717) is 80.2 Å². The van der Waals surface area contributed by atoms with Crippen LogP contribution in [0.15, 0.2) is 84.9 Å². The highest BCUT2D eigenvalue weighted by molar-refractivity contribution is 5.98. The zero-order valence-electron chi connectivity index (χ0n) is 44.2. The summed E-state index contributed by atoms with van der Waals surface area (Å²) in [7, 11) is 0. The quantitative estimate of drug-likeness (QED) is 0.105. The molecule has 4 nitrogen and oxygen atoms in total. The number of halogens is 20. The maximum Gasteiger partial charge on any atom is 0.200 e. The molecule has 2 N–H and O–H groups in total. The lowest BCUT2D eigenvalue weighted by molar-refractivity contribution is 0.379. The third-order valence-electron chi connectivity index (χ3n) is 17.2. The van der Waals surface area contributed by atoms with Gasteiger partial charge >= 0.3 is 0 Å². The van der Waals surface area contributed by atoms with Crippen molar-refractivity contribution in [2.75, 3.05) is 0 Å². The molecule has 5 heterocycles. The highest BCUT2D eigenvalue weighted by atomic mass is 19.2. The van der Waals surface area contributed by atoms with Gasteiger partial charge in [0.15, 0.2) is 93.1 Å². The molecule has 8 aromatic carbocycles. The summed E-state index contributed by atoms with van der Waals surface area (Å²) in [4.78, 5) is 13.9. The number of hydrogen-bond acceptors (Lipinski definition) is 2. The van der Waals surface area contributed by atoms with E-state index in [1.165, 1.54) is 0 Å². The fourth-order valence-corrected chi connectivity index (χ4v) is 13.5. The molecule has 0 fully saturated rings. The van der Waals surface area contributed by atoms with Gasteiger partial charge in [0, 0.05) is 68.3 Å². The Balaban J connectivity index is 1.24. The van der Waals surface area contributed by atoms with Crippen LogP contribution in [0.3, 0.4) is 0 Å². The monoisotopic (exact) mass is 1250 g/mol. The van der Waals surface area contributed by atoms with Gasteiger partial charge in [0.05, 0.1) is 45.0 Å².